The second-order valence-electron chi connectivity index (χ2n) is 10.7. The number of pyridine rings is 1. The van der Waals surface area contributed by atoms with Crippen LogP contribution >= 0.6 is 0 Å². The number of rotatable bonds is 9. The van der Waals surface area contributed by atoms with Crippen LogP contribution in [0.25, 0.3) is 15.6 Å². The van der Waals surface area contributed by atoms with Crippen LogP contribution in [0.3, 0.4) is 0 Å². The van der Waals surface area contributed by atoms with Crippen LogP contribution < -0.4 is 14.5 Å². The maximum Gasteiger partial charge on any atom is 0.318 e. The minimum atomic E-state index is -1.04. The first-order valence-electron chi connectivity index (χ1n) is 14.1. The molecule has 2 fully saturated rings. The van der Waals surface area contributed by atoms with Gasteiger partial charge in [0.05, 0.1) is 36.8 Å². The summed E-state index contributed by atoms with van der Waals surface area (Å²) in [6.45, 7) is 13.2. The molecular weight excluding hydrogens is 544 g/mol. The first kappa shape index (κ1) is 27.8. The fourth-order valence-electron chi connectivity index (χ4n) is 5.65. The van der Waals surface area contributed by atoms with Crippen molar-refractivity contribution in [2.45, 2.75) is 38.0 Å². The highest BCUT2D eigenvalue weighted by Gasteiger charge is 2.36. The Morgan fingerprint density at radius 3 is 2.79 bits per heavy atom. The number of piperazine rings is 1. The lowest BCUT2D eigenvalue weighted by Gasteiger charge is -2.41. The van der Waals surface area contributed by atoms with E-state index in [2.05, 4.69) is 21.3 Å². The predicted octanol–water partition coefficient (Wildman–Crippen LogP) is 3.70. The normalized spacial score (nSPS) is 18.5. The first-order chi connectivity index (χ1) is 20.4. The van der Waals surface area contributed by atoms with Crippen LogP contribution in [0, 0.1) is 12.4 Å². The van der Waals surface area contributed by atoms with Gasteiger partial charge in [0, 0.05) is 48.7 Å². The molecule has 4 heterocycles. The van der Waals surface area contributed by atoms with Crippen molar-refractivity contribution in [3.8, 4) is 6.01 Å². The molecule has 1 saturated carbocycles. The van der Waals surface area contributed by atoms with Crippen LogP contribution in [0.2, 0.25) is 0 Å². The maximum atomic E-state index is 14.9. The highest BCUT2D eigenvalue weighted by Crippen LogP contribution is 2.35. The van der Waals surface area contributed by atoms with E-state index in [0.717, 1.165) is 29.5 Å². The fraction of sp³-hybridized carbons (Fsp3) is 0.433. The third-order valence-electron chi connectivity index (χ3n) is 7.85. The average Bonchev–Trinajstić information content (AvgIpc) is 3.83. The van der Waals surface area contributed by atoms with Crippen LogP contribution in [-0.4, -0.2) is 83.8 Å². The van der Waals surface area contributed by atoms with Crippen molar-refractivity contribution in [2.24, 2.45) is 0 Å². The number of aromatic nitrogens is 3. The van der Waals surface area contributed by atoms with E-state index in [1.807, 2.05) is 11.0 Å². The highest BCUT2D eigenvalue weighted by molar-refractivity contribution is 5.94. The van der Waals surface area contributed by atoms with E-state index in [1.165, 1.54) is 11.0 Å². The van der Waals surface area contributed by atoms with Gasteiger partial charge in [-0.15, -0.1) is 0 Å². The van der Waals surface area contributed by atoms with E-state index in [0.29, 0.717) is 62.2 Å². The molecule has 3 aliphatic rings. The minimum absolute atomic E-state index is 0.0259. The van der Waals surface area contributed by atoms with Gasteiger partial charge in [-0.3, -0.25) is 9.78 Å². The number of carbonyl (C=O) groups is 1. The summed E-state index contributed by atoms with van der Waals surface area (Å²) >= 11 is 0. The maximum absolute atomic E-state index is 14.9. The van der Waals surface area contributed by atoms with Crippen molar-refractivity contribution in [1.29, 1.82) is 0 Å². The van der Waals surface area contributed by atoms with E-state index in [-0.39, 0.29) is 31.5 Å². The number of halogens is 2. The zero-order valence-electron chi connectivity index (χ0n) is 23.1. The topological polar surface area (TPSA) is 88.3 Å². The molecule has 42 heavy (non-hydrogen) atoms. The molecule has 1 atom stereocenters. The van der Waals surface area contributed by atoms with Gasteiger partial charge in [-0.05, 0) is 25.3 Å². The van der Waals surface area contributed by atoms with Crippen molar-refractivity contribution in [3.05, 3.63) is 71.5 Å². The third-order valence-corrected chi connectivity index (χ3v) is 7.85. The summed E-state index contributed by atoms with van der Waals surface area (Å²) in [7, 11) is 0. The molecule has 3 aromatic rings. The molecule has 1 aromatic carbocycles. The van der Waals surface area contributed by atoms with E-state index in [9.17, 15) is 13.6 Å². The summed E-state index contributed by atoms with van der Waals surface area (Å²) < 4.78 is 40.3. The predicted molar refractivity (Wildman–Crippen MR) is 152 cm³/mol. The summed E-state index contributed by atoms with van der Waals surface area (Å²) in [6.07, 6.45) is 6.33. The molecule has 0 N–H and O–H groups in total. The molecule has 0 unspecified atom stereocenters. The lowest BCUT2D eigenvalue weighted by Crippen LogP contribution is -2.57. The molecule has 6 rings (SSSR count). The van der Waals surface area contributed by atoms with Crippen molar-refractivity contribution >= 4 is 28.2 Å². The summed E-state index contributed by atoms with van der Waals surface area (Å²) in [6, 6.07) is 4.63. The third kappa shape index (κ3) is 5.69. The minimum Gasteiger partial charge on any atom is -0.461 e. The molecular formula is C30H31F2N7O3. The standard InChI is InChI=1S/C30H31F2N7O3/c1-19(31)29(40)39-11-10-38(17-21(39)15-33-2)28-23-8-9-37(26-16-34-14-20-4-3-5-24(32)27(20)26)18-25(23)35-30(36-28)42-13-12-41-22-6-7-22/h3-5,14,16,21-22H,1,6-13,15,17-18H2/t21-/m0/s1. The van der Waals surface area contributed by atoms with Crippen LogP contribution in [0.5, 0.6) is 6.01 Å². The Morgan fingerprint density at radius 1 is 1.14 bits per heavy atom. The zero-order chi connectivity index (χ0) is 29.2. The fourth-order valence-corrected chi connectivity index (χ4v) is 5.65. The molecule has 1 aliphatic carbocycles. The van der Waals surface area contributed by atoms with Crippen LogP contribution in [0.1, 0.15) is 24.1 Å². The van der Waals surface area contributed by atoms with Gasteiger partial charge in [0.15, 0.2) is 5.83 Å². The van der Waals surface area contributed by atoms with Crippen molar-refractivity contribution in [1.82, 2.24) is 19.9 Å². The van der Waals surface area contributed by atoms with Gasteiger partial charge < -0.3 is 29.0 Å². The Labute approximate surface area is 242 Å². The number of nitrogens with zero attached hydrogens (tertiary/aromatic N) is 7. The van der Waals surface area contributed by atoms with Crippen molar-refractivity contribution < 1.29 is 23.0 Å². The Morgan fingerprint density at radius 2 is 2.00 bits per heavy atom. The number of ether oxygens (including phenoxy) is 2. The first-order valence-corrected chi connectivity index (χ1v) is 14.1. The van der Waals surface area contributed by atoms with Crippen LogP contribution in [0.4, 0.5) is 20.3 Å². The number of amides is 1. The number of carbonyl (C=O) groups excluding carboxylic acids is 1. The van der Waals surface area contributed by atoms with E-state index in [1.54, 1.807) is 18.5 Å². The summed E-state index contributed by atoms with van der Waals surface area (Å²) in [5.74, 6) is -1.48. The van der Waals surface area contributed by atoms with Gasteiger partial charge in [0.25, 0.3) is 5.91 Å². The quantitative estimate of drug-likeness (QED) is 0.217. The molecule has 12 heteroatoms. The lowest BCUT2D eigenvalue weighted by atomic mass is 10.0. The number of fused-ring (bicyclic) bond motifs is 2. The Kier molecular flexibility index (Phi) is 7.84. The molecule has 1 saturated heterocycles. The molecule has 2 aliphatic heterocycles. The van der Waals surface area contributed by atoms with Crippen molar-refractivity contribution in [2.75, 3.05) is 55.7 Å². The van der Waals surface area contributed by atoms with Gasteiger partial charge in [-0.25, -0.2) is 15.4 Å². The number of hydrogen-bond donors (Lipinski definition) is 0. The number of benzene rings is 1. The molecule has 0 spiro atoms. The molecule has 0 radical (unpaired) electrons. The van der Waals surface area contributed by atoms with E-state index >= 15 is 0 Å². The number of anilines is 2. The van der Waals surface area contributed by atoms with E-state index < -0.39 is 17.8 Å². The summed E-state index contributed by atoms with van der Waals surface area (Å²) in [5.41, 5.74) is 2.36. The monoisotopic (exact) mass is 575 g/mol. The average molecular weight is 576 g/mol. The molecule has 10 nitrogen and oxygen atoms in total. The summed E-state index contributed by atoms with van der Waals surface area (Å²) in [5, 5.41) is 1.23. The number of hydrogen-bond acceptors (Lipinski definition) is 8. The Balaban J connectivity index is 1.31. The molecule has 0 bridgehead atoms. The highest BCUT2D eigenvalue weighted by atomic mass is 19.1. The largest absolute Gasteiger partial charge is 0.461 e. The van der Waals surface area contributed by atoms with Crippen LogP contribution in [-0.2, 0) is 22.5 Å². The second-order valence-corrected chi connectivity index (χ2v) is 10.7. The van der Waals surface area contributed by atoms with Gasteiger partial charge in [0.1, 0.15) is 24.3 Å². The van der Waals surface area contributed by atoms with E-state index in [4.69, 9.17) is 26.0 Å². The Bertz CT molecular complexity index is 1550. The summed E-state index contributed by atoms with van der Waals surface area (Å²) in [4.78, 5) is 35.3. The van der Waals surface area contributed by atoms with Crippen molar-refractivity contribution in [3.63, 3.8) is 0 Å². The molecule has 1 amide bonds. The van der Waals surface area contributed by atoms with Gasteiger partial charge in [-0.2, -0.15) is 9.97 Å². The zero-order valence-corrected chi connectivity index (χ0v) is 23.1. The SMILES string of the molecule is [C-]#[N+]C[C@H]1CN(c2nc(OCCOC3CC3)nc3c2CCN(c2cncc4cccc(F)c24)C3)CCN1C(=O)C(=C)F. The van der Waals surface area contributed by atoms with Gasteiger partial charge in [0.2, 0.25) is 6.54 Å². The lowest BCUT2D eigenvalue weighted by molar-refractivity contribution is -0.131. The molecule has 218 valence electrons. The van der Waals surface area contributed by atoms with Gasteiger partial charge >= 0.3 is 6.01 Å². The van der Waals surface area contributed by atoms with Gasteiger partial charge in [-0.1, -0.05) is 18.7 Å². The Hall–Kier alpha value is -4.37. The smallest absolute Gasteiger partial charge is 0.318 e. The van der Waals surface area contributed by atoms with Crippen LogP contribution in [0.15, 0.2) is 43.0 Å². The second kappa shape index (κ2) is 11.9. The molecule has 2 aromatic heterocycles.